The number of ether oxygens (including phenoxy) is 1. The zero-order valence-corrected chi connectivity index (χ0v) is 9.04. The van der Waals surface area contributed by atoms with E-state index in [1.54, 1.807) is 13.3 Å². The quantitative estimate of drug-likeness (QED) is 0.752. The summed E-state index contributed by atoms with van der Waals surface area (Å²) in [6.07, 6.45) is 2.73. The molecule has 0 fully saturated rings. The van der Waals surface area contributed by atoms with E-state index < -0.39 is 0 Å². The van der Waals surface area contributed by atoms with Gasteiger partial charge in [-0.1, -0.05) is 0 Å². The molecule has 1 rings (SSSR count). The van der Waals surface area contributed by atoms with Crippen LogP contribution in [0.2, 0.25) is 0 Å². The first-order valence-electron chi connectivity index (χ1n) is 4.86. The van der Waals surface area contributed by atoms with E-state index in [1.165, 1.54) is 0 Å². The number of rotatable bonds is 6. The lowest BCUT2D eigenvalue weighted by Gasteiger charge is -2.11. The van der Waals surface area contributed by atoms with Crippen LogP contribution < -0.4 is 5.32 Å². The molecular weight excluding hydrogens is 180 g/mol. The first kappa shape index (κ1) is 11.2. The maximum Gasteiger partial charge on any atom is 0.208 e. The zero-order valence-electron chi connectivity index (χ0n) is 9.04. The van der Waals surface area contributed by atoms with E-state index in [4.69, 9.17) is 9.15 Å². The average Bonchev–Trinajstić information content (AvgIpc) is 2.58. The number of hydrogen-bond acceptors (Lipinski definition) is 4. The SMILES string of the molecule is COCCC(C)NCc1ncc(C)o1. The highest BCUT2D eigenvalue weighted by Crippen LogP contribution is 2.01. The molecule has 0 saturated heterocycles. The number of nitrogens with zero attached hydrogens (tertiary/aromatic N) is 1. The summed E-state index contributed by atoms with van der Waals surface area (Å²) in [5.74, 6) is 1.60. The van der Waals surface area contributed by atoms with Gasteiger partial charge in [-0.25, -0.2) is 4.98 Å². The van der Waals surface area contributed by atoms with Gasteiger partial charge in [0, 0.05) is 19.8 Å². The Morgan fingerprint density at radius 2 is 2.43 bits per heavy atom. The van der Waals surface area contributed by atoms with Gasteiger partial charge in [0.2, 0.25) is 5.89 Å². The molecule has 1 N–H and O–H groups in total. The second kappa shape index (κ2) is 5.78. The maximum absolute atomic E-state index is 5.33. The number of hydrogen-bond donors (Lipinski definition) is 1. The predicted molar refractivity (Wildman–Crippen MR) is 54.0 cm³/mol. The number of aromatic nitrogens is 1. The van der Waals surface area contributed by atoms with E-state index in [0.29, 0.717) is 12.6 Å². The molecule has 1 unspecified atom stereocenters. The largest absolute Gasteiger partial charge is 0.445 e. The molecule has 1 aromatic rings. The summed E-state index contributed by atoms with van der Waals surface area (Å²) >= 11 is 0. The summed E-state index contributed by atoms with van der Waals surface area (Å²) in [5.41, 5.74) is 0. The van der Waals surface area contributed by atoms with Crippen LogP contribution in [0.5, 0.6) is 0 Å². The monoisotopic (exact) mass is 198 g/mol. The van der Waals surface area contributed by atoms with Gasteiger partial charge in [0.1, 0.15) is 5.76 Å². The Hall–Kier alpha value is -0.870. The van der Waals surface area contributed by atoms with Crippen molar-refractivity contribution in [2.75, 3.05) is 13.7 Å². The molecule has 4 nitrogen and oxygen atoms in total. The topological polar surface area (TPSA) is 47.3 Å². The van der Waals surface area contributed by atoms with Crippen LogP contribution in [0.4, 0.5) is 0 Å². The van der Waals surface area contributed by atoms with Crippen LogP contribution >= 0.6 is 0 Å². The van der Waals surface area contributed by atoms with Crippen molar-refractivity contribution in [3.8, 4) is 0 Å². The molecule has 0 aliphatic rings. The number of methoxy groups -OCH3 is 1. The van der Waals surface area contributed by atoms with Crippen molar-refractivity contribution in [1.29, 1.82) is 0 Å². The third-order valence-corrected chi connectivity index (χ3v) is 2.03. The molecular formula is C10H18N2O2. The summed E-state index contributed by atoms with van der Waals surface area (Å²) < 4.78 is 10.3. The summed E-state index contributed by atoms with van der Waals surface area (Å²) in [6.45, 7) is 5.47. The Bertz CT molecular complexity index is 260. The minimum atomic E-state index is 0.419. The zero-order chi connectivity index (χ0) is 10.4. The highest BCUT2D eigenvalue weighted by Gasteiger charge is 2.04. The Balaban J connectivity index is 2.20. The van der Waals surface area contributed by atoms with Crippen molar-refractivity contribution >= 4 is 0 Å². The van der Waals surface area contributed by atoms with Gasteiger partial charge in [-0.15, -0.1) is 0 Å². The number of oxazole rings is 1. The molecule has 4 heteroatoms. The Labute approximate surface area is 84.7 Å². The van der Waals surface area contributed by atoms with Gasteiger partial charge in [-0.2, -0.15) is 0 Å². The van der Waals surface area contributed by atoms with Crippen molar-refractivity contribution in [3.05, 3.63) is 17.8 Å². The fourth-order valence-electron chi connectivity index (χ4n) is 1.14. The number of nitrogens with one attached hydrogen (secondary N) is 1. The van der Waals surface area contributed by atoms with Gasteiger partial charge in [-0.05, 0) is 20.3 Å². The predicted octanol–water partition coefficient (Wildman–Crippen LogP) is 1.50. The summed E-state index contributed by atoms with van der Waals surface area (Å²) in [7, 11) is 1.71. The molecule has 1 atom stereocenters. The second-order valence-electron chi connectivity index (χ2n) is 3.43. The highest BCUT2D eigenvalue weighted by atomic mass is 16.5. The van der Waals surface area contributed by atoms with Crippen LogP contribution in [0.1, 0.15) is 25.0 Å². The summed E-state index contributed by atoms with van der Waals surface area (Å²) in [4.78, 5) is 4.11. The third-order valence-electron chi connectivity index (χ3n) is 2.03. The highest BCUT2D eigenvalue weighted by molar-refractivity contribution is 4.90. The van der Waals surface area contributed by atoms with E-state index >= 15 is 0 Å². The standard InChI is InChI=1S/C10H18N2O2/c1-8(4-5-13-3)11-7-10-12-6-9(2)14-10/h6,8,11H,4-5,7H2,1-3H3. The van der Waals surface area contributed by atoms with Gasteiger partial charge in [0.05, 0.1) is 12.7 Å². The van der Waals surface area contributed by atoms with Gasteiger partial charge in [0.15, 0.2) is 0 Å². The van der Waals surface area contributed by atoms with Crippen LogP contribution in [-0.4, -0.2) is 24.7 Å². The lowest BCUT2D eigenvalue weighted by molar-refractivity contribution is 0.184. The molecule has 1 aromatic heterocycles. The van der Waals surface area contributed by atoms with Gasteiger partial charge >= 0.3 is 0 Å². The van der Waals surface area contributed by atoms with Crippen molar-refractivity contribution in [3.63, 3.8) is 0 Å². The Morgan fingerprint density at radius 1 is 1.64 bits per heavy atom. The molecule has 80 valence electrons. The van der Waals surface area contributed by atoms with Crippen LogP contribution in [0.15, 0.2) is 10.6 Å². The van der Waals surface area contributed by atoms with Gasteiger partial charge in [-0.3, -0.25) is 0 Å². The van der Waals surface area contributed by atoms with Crippen LogP contribution in [0, 0.1) is 6.92 Å². The molecule has 0 spiro atoms. The molecule has 0 saturated carbocycles. The summed E-state index contributed by atoms with van der Waals surface area (Å²) in [5, 5.41) is 3.31. The van der Waals surface area contributed by atoms with E-state index in [0.717, 1.165) is 24.7 Å². The van der Waals surface area contributed by atoms with Crippen LogP contribution in [-0.2, 0) is 11.3 Å². The average molecular weight is 198 g/mol. The molecule has 0 radical (unpaired) electrons. The molecule has 0 amide bonds. The van der Waals surface area contributed by atoms with E-state index in [9.17, 15) is 0 Å². The Kier molecular flexibility index (Phi) is 4.62. The van der Waals surface area contributed by atoms with Crippen molar-refractivity contribution in [1.82, 2.24) is 10.3 Å². The fourth-order valence-corrected chi connectivity index (χ4v) is 1.14. The van der Waals surface area contributed by atoms with Crippen molar-refractivity contribution < 1.29 is 9.15 Å². The minimum Gasteiger partial charge on any atom is -0.445 e. The van der Waals surface area contributed by atoms with Gasteiger partial charge in [0.25, 0.3) is 0 Å². The molecule has 0 bridgehead atoms. The van der Waals surface area contributed by atoms with E-state index in [2.05, 4.69) is 17.2 Å². The van der Waals surface area contributed by atoms with Crippen LogP contribution in [0.25, 0.3) is 0 Å². The minimum absolute atomic E-state index is 0.419. The number of aryl methyl sites for hydroxylation is 1. The molecule has 0 aliphatic carbocycles. The maximum atomic E-state index is 5.33. The first-order valence-corrected chi connectivity index (χ1v) is 4.86. The molecule has 14 heavy (non-hydrogen) atoms. The Morgan fingerprint density at radius 3 is 3.00 bits per heavy atom. The lowest BCUT2D eigenvalue weighted by Crippen LogP contribution is -2.26. The lowest BCUT2D eigenvalue weighted by atomic mass is 10.2. The molecule has 1 heterocycles. The van der Waals surface area contributed by atoms with E-state index in [-0.39, 0.29) is 0 Å². The summed E-state index contributed by atoms with van der Waals surface area (Å²) in [6, 6.07) is 0.419. The van der Waals surface area contributed by atoms with Gasteiger partial charge < -0.3 is 14.5 Å². The van der Waals surface area contributed by atoms with E-state index in [1.807, 2.05) is 6.92 Å². The fraction of sp³-hybridized carbons (Fsp3) is 0.700. The first-order chi connectivity index (χ1) is 6.72. The third kappa shape index (κ3) is 3.89. The second-order valence-corrected chi connectivity index (χ2v) is 3.43. The van der Waals surface area contributed by atoms with Crippen molar-refractivity contribution in [2.24, 2.45) is 0 Å². The molecule has 0 aliphatic heterocycles. The van der Waals surface area contributed by atoms with Crippen LogP contribution in [0.3, 0.4) is 0 Å². The molecule has 0 aromatic carbocycles. The smallest absolute Gasteiger partial charge is 0.208 e. The van der Waals surface area contributed by atoms with Crippen molar-refractivity contribution in [2.45, 2.75) is 32.9 Å². The normalized spacial score (nSPS) is 13.1.